The van der Waals surface area contributed by atoms with Gasteiger partial charge < -0.3 is 33.8 Å². The topological polar surface area (TPSA) is 237 Å². The highest BCUT2D eigenvalue weighted by atomic mass is 31.2. The molecular formula is C83H132O17P2. The van der Waals surface area contributed by atoms with Gasteiger partial charge >= 0.3 is 39.5 Å². The fourth-order valence-corrected chi connectivity index (χ4v) is 10.8. The molecule has 3 N–H and O–H groups in total. The number of aliphatic hydroxyl groups is 1. The Labute approximate surface area is 615 Å². The molecule has 5 unspecified atom stereocenters. The molecule has 0 bridgehead atoms. The SMILES string of the molecule is CC/C=C\C/C=C\C/C=C\C/C=C\C/C=C\C/C=C\CCC(=O)OCC(COP(=O)(O)OCC(O)COP(=O)(O)OCC(COC(=O)CCCCCCC/C=C\C/C=C\C/C=C\CC)OC(=O)CCCCCCC/C=C\CCCCCC)OC(=O)C/C=C\C/C=C\C/C=C\C/C=C\C/C=C\CC. The molecule has 0 aromatic heterocycles. The van der Waals surface area contributed by atoms with Gasteiger partial charge in [0.1, 0.15) is 19.3 Å². The summed E-state index contributed by atoms with van der Waals surface area (Å²) in [5, 5.41) is 10.6. The van der Waals surface area contributed by atoms with Gasteiger partial charge in [-0.1, -0.05) is 268 Å². The number of aliphatic hydroxyl groups excluding tert-OH is 1. The van der Waals surface area contributed by atoms with Gasteiger partial charge in [0.05, 0.1) is 32.8 Å². The largest absolute Gasteiger partial charge is 0.472 e. The van der Waals surface area contributed by atoms with Crippen LogP contribution < -0.4 is 0 Å². The summed E-state index contributed by atoms with van der Waals surface area (Å²) >= 11 is 0. The lowest BCUT2D eigenvalue weighted by Gasteiger charge is -2.21. The average Bonchev–Trinajstić information content (AvgIpc) is 0.924. The number of carbonyl (C=O) groups excluding carboxylic acids is 4. The summed E-state index contributed by atoms with van der Waals surface area (Å²) in [6.45, 7) is 4.25. The van der Waals surface area contributed by atoms with E-state index in [1.54, 1.807) is 12.2 Å². The predicted octanol–water partition coefficient (Wildman–Crippen LogP) is 22.0. The van der Waals surface area contributed by atoms with E-state index < -0.39 is 97.5 Å². The van der Waals surface area contributed by atoms with E-state index in [2.05, 4.69) is 167 Å². The lowest BCUT2D eigenvalue weighted by molar-refractivity contribution is -0.161. The van der Waals surface area contributed by atoms with Crippen LogP contribution in [0.25, 0.3) is 0 Å². The van der Waals surface area contributed by atoms with Crippen molar-refractivity contribution in [1.82, 2.24) is 0 Å². The van der Waals surface area contributed by atoms with E-state index in [-0.39, 0.29) is 25.7 Å². The number of hydrogen-bond acceptors (Lipinski definition) is 15. The maximum absolute atomic E-state index is 13.1. The maximum Gasteiger partial charge on any atom is 0.472 e. The minimum Gasteiger partial charge on any atom is -0.462 e. The minimum absolute atomic E-state index is 0.00924. The van der Waals surface area contributed by atoms with Crippen LogP contribution >= 0.6 is 15.6 Å². The van der Waals surface area contributed by atoms with E-state index in [4.69, 9.17) is 37.0 Å². The van der Waals surface area contributed by atoms with E-state index in [1.165, 1.54) is 25.7 Å². The first-order valence-electron chi connectivity index (χ1n) is 38.0. The van der Waals surface area contributed by atoms with Crippen LogP contribution in [0, 0.1) is 0 Å². The highest BCUT2D eigenvalue weighted by molar-refractivity contribution is 7.47. The van der Waals surface area contributed by atoms with Gasteiger partial charge in [-0.15, -0.1) is 0 Å². The molecule has 0 aromatic rings. The molecule has 0 saturated carbocycles. The Bertz CT molecular complexity index is 2650. The van der Waals surface area contributed by atoms with E-state index >= 15 is 0 Å². The van der Waals surface area contributed by atoms with Crippen LogP contribution in [0.1, 0.15) is 259 Å². The van der Waals surface area contributed by atoms with Gasteiger partial charge in [0.25, 0.3) is 0 Å². The number of unbranched alkanes of at least 4 members (excludes halogenated alkanes) is 14. The molecule has 0 fully saturated rings. The number of allylic oxidation sites excluding steroid dienone is 29. The Morgan fingerprint density at radius 2 is 0.569 bits per heavy atom. The van der Waals surface area contributed by atoms with Gasteiger partial charge in [-0.2, -0.15) is 0 Å². The van der Waals surface area contributed by atoms with Crippen LogP contribution in [0.4, 0.5) is 0 Å². The first-order chi connectivity index (χ1) is 49.7. The minimum atomic E-state index is -5.03. The van der Waals surface area contributed by atoms with Crippen LogP contribution in [0.2, 0.25) is 0 Å². The average molecular weight is 1460 g/mol. The van der Waals surface area contributed by atoms with Crippen LogP contribution in [0.3, 0.4) is 0 Å². The van der Waals surface area contributed by atoms with E-state index in [9.17, 15) is 43.2 Å². The third-order valence-corrected chi connectivity index (χ3v) is 16.8. The molecule has 0 radical (unpaired) electrons. The second-order valence-corrected chi connectivity index (χ2v) is 27.4. The van der Waals surface area contributed by atoms with Gasteiger partial charge in [-0.05, 0) is 148 Å². The summed E-state index contributed by atoms with van der Waals surface area (Å²) in [6, 6.07) is 0. The van der Waals surface area contributed by atoms with Crippen molar-refractivity contribution in [3.8, 4) is 0 Å². The summed E-state index contributed by atoms with van der Waals surface area (Å²) in [7, 11) is -10.0. The molecular weight excluding hydrogens is 1330 g/mol. The van der Waals surface area contributed by atoms with Gasteiger partial charge in [0, 0.05) is 19.3 Å². The molecule has 0 rings (SSSR count). The third-order valence-electron chi connectivity index (χ3n) is 14.9. The Morgan fingerprint density at radius 1 is 0.294 bits per heavy atom. The molecule has 0 aliphatic heterocycles. The molecule has 0 heterocycles. The maximum atomic E-state index is 13.1. The van der Waals surface area contributed by atoms with Crippen LogP contribution in [0.15, 0.2) is 182 Å². The van der Waals surface area contributed by atoms with Crippen molar-refractivity contribution in [2.75, 3.05) is 39.6 Å². The molecule has 0 spiro atoms. The van der Waals surface area contributed by atoms with E-state index in [0.717, 1.165) is 148 Å². The second-order valence-electron chi connectivity index (χ2n) is 24.5. The van der Waals surface area contributed by atoms with Crippen molar-refractivity contribution in [3.63, 3.8) is 0 Å². The van der Waals surface area contributed by atoms with E-state index in [0.29, 0.717) is 32.1 Å². The molecule has 576 valence electrons. The number of phosphoric ester groups is 2. The predicted molar refractivity (Wildman–Crippen MR) is 417 cm³/mol. The molecule has 5 atom stereocenters. The zero-order valence-electron chi connectivity index (χ0n) is 62.7. The molecule has 0 amide bonds. The first kappa shape index (κ1) is 96.2. The number of rotatable bonds is 69. The van der Waals surface area contributed by atoms with Crippen molar-refractivity contribution < 1.29 is 80.2 Å². The smallest absolute Gasteiger partial charge is 0.462 e. The lowest BCUT2D eigenvalue weighted by atomic mass is 10.1. The zero-order chi connectivity index (χ0) is 74.6. The van der Waals surface area contributed by atoms with E-state index in [1.807, 2.05) is 30.4 Å². The van der Waals surface area contributed by atoms with Crippen LogP contribution in [-0.2, 0) is 65.4 Å². The fourth-order valence-electron chi connectivity index (χ4n) is 9.21. The summed E-state index contributed by atoms with van der Waals surface area (Å²) in [5.74, 6) is -2.47. The van der Waals surface area contributed by atoms with Gasteiger partial charge in [-0.3, -0.25) is 37.3 Å². The molecule has 0 saturated heterocycles. The van der Waals surface area contributed by atoms with Gasteiger partial charge in [0.2, 0.25) is 0 Å². The summed E-state index contributed by atoms with van der Waals surface area (Å²) in [4.78, 5) is 72.8. The molecule has 0 aromatic carbocycles. The monoisotopic (exact) mass is 1460 g/mol. The molecule has 17 nitrogen and oxygen atoms in total. The fraction of sp³-hybridized carbons (Fsp3) is 0.590. The summed E-state index contributed by atoms with van der Waals surface area (Å²) in [5.41, 5.74) is 0. The number of phosphoric acid groups is 2. The number of ether oxygens (including phenoxy) is 4. The molecule has 19 heteroatoms. The number of esters is 4. The van der Waals surface area contributed by atoms with Crippen molar-refractivity contribution in [2.24, 2.45) is 0 Å². The van der Waals surface area contributed by atoms with Gasteiger partial charge in [-0.25, -0.2) is 9.13 Å². The first-order valence-corrected chi connectivity index (χ1v) is 41.0. The lowest BCUT2D eigenvalue weighted by Crippen LogP contribution is -2.30. The van der Waals surface area contributed by atoms with Crippen molar-refractivity contribution in [3.05, 3.63) is 182 Å². The molecule has 102 heavy (non-hydrogen) atoms. The Balaban J connectivity index is 5.52. The van der Waals surface area contributed by atoms with Crippen molar-refractivity contribution in [1.29, 1.82) is 0 Å². The second kappa shape index (κ2) is 73.5. The Morgan fingerprint density at radius 3 is 0.941 bits per heavy atom. The zero-order valence-corrected chi connectivity index (χ0v) is 64.5. The van der Waals surface area contributed by atoms with Gasteiger partial charge in [0.15, 0.2) is 12.2 Å². The quantitative estimate of drug-likeness (QED) is 0.0169. The standard InChI is InChI=1S/C83H132O17P2/c1-5-9-13-17-21-25-29-33-36-37-38-39-42-45-48-52-56-60-64-68-81(86)94-74-79(100-83(88)70-66-62-58-54-50-46-41-35-31-27-23-19-15-11-7-3)76-98-102(91,92)96-72-77(84)71-95-101(89,90)97-75-78(99-82(87)69-65-61-57-53-49-43-32-28-24-20-16-12-8-4)73-93-80(85)67-63-59-55-51-47-44-40-34-30-26-22-18-14-10-6-2/h9-11,13-15,21-23,25-28,32-36,38-41,45,48,50,54,56,60,62,66,77-79,84H,5-8,12,16-20,24,29-31,37,42-44,46-47,49,51-53,55,57-59,61,63-65,67-76H2,1-4H3,(H,89,90)(H,91,92)/b13-9-,14-10-,15-11-,25-21-,26-22-,27-23-,32-28-,36-33-,39-38-,40-34-,41-35-,48-45-,54-50-,60-56-,66-62-. The van der Waals surface area contributed by atoms with Crippen LogP contribution in [0.5, 0.6) is 0 Å². The highest BCUT2D eigenvalue weighted by Gasteiger charge is 2.30. The Kier molecular flexibility index (Phi) is 69.3. The van der Waals surface area contributed by atoms with Crippen molar-refractivity contribution in [2.45, 2.75) is 277 Å². The molecule has 0 aliphatic rings. The van der Waals surface area contributed by atoms with Crippen LogP contribution in [-0.4, -0.2) is 96.7 Å². The van der Waals surface area contributed by atoms with Crippen molar-refractivity contribution >= 4 is 39.5 Å². The normalized spacial score (nSPS) is 14.9. The Hall–Kier alpha value is -5.84. The highest BCUT2D eigenvalue weighted by Crippen LogP contribution is 2.45. The third kappa shape index (κ3) is 72.5. The summed E-state index contributed by atoms with van der Waals surface area (Å²) in [6.07, 6.45) is 87.9. The number of carbonyl (C=O) groups is 4. The molecule has 0 aliphatic carbocycles. The number of hydrogen-bond donors (Lipinski definition) is 3. The summed E-state index contributed by atoms with van der Waals surface area (Å²) < 4.78 is 68.2.